The summed E-state index contributed by atoms with van der Waals surface area (Å²) in [4.78, 5) is 5.25. The van der Waals surface area contributed by atoms with Crippen molar-refractivity contribution in [3.63, 3.8) is 0 Å². The zero-order chi connectivity index (χ0) is 15.0. The molecule has 1 aliphatic carbocycles. The molecule has 0 spiro atoms. The van der Waals surface area contributed by atoms with Crippen molar-refractivity contribution in [2.75, 3.05) is 59.0 Å². The van der Waals surface area contributed by atoms with Gasteiger partial charge in [0.15, 0.2) is 0 Å². The van der Waals surface area contributed by atoms with E-state index in [0.29, 0.717) is 0 Å². The number of rotatable bonds is 6. The number of likely N-dealkylation sites (tertiary alicyclic amines) is 1. The Hall–Kier alpha value is -0.160. The third kappa shape index (κ3) is 5.48. The average molecular weight is 309 g/mol. The number of piperidine rings is 1. The molecule has 0 unspecified atom stereocenters. The van der Waals surface area contributed by atoms with E-state index in [0.717, 1.165) is 44.8 Å². The molecule has 3 aliphatic rings. The molecule has 22 heavy (non-hydrogen) atoms. The van der Waals surface area contributed by atoms with Crippen LogP contribution in [0.2, 0.25) is 0 Å². The molecule has 3 rings (SSSR count). The fraction of sp³-hybridized carbons (Fsp3) is 1.00. The van der Waals surface area contributed by atoms with Crippen molar-refractivity contribution in [1.82, 2.24) is 15.1 Å². The largest absolute Gasteiger partial charge is 0.379 e. The van der Waals surface area contributed by atoms with Crippen LogP contribution in [0, 0.1) is 5.92 Å². The van der Waals surface area contributed by atoms with Crippen LogP contribution in [-0.2, 0) is 4.74 Å². The summed E-state index contributed by atoms with van der Waals surface area (Å²) in [5.41, 5.74) is 0. The van der Waals surface area contributed by atoms with Gasteiger partial charge in [0.05, 0.1) is 13.2 Å². The standard InChI is InChI=1S/C18H35N3O/c1-2-4-17(5-3-1)16-21-9-6-18(7-10-21)19-8-11-20-12-14-22-15-13-20/h17-19H,1-16H2. The fourth-order valence-corrected chi connectivity index (χ4v) is 4.31. The van der Waals surface area contributed by atoms with Crippen LogP contribution in [0.25, 0.3) is 0 Å². The first-order valence-electron chi connectivity index (χ1n) is 9.66. The number of nitrogens with one attached hydrogen (secondary N) is 1. The Bertz CT molecular complexity index is 293. The van der Waals surface area contributed by atoms with E-state index in [1.165, 1.54) is 71.1 Å². The van der Waals surface area contributed by atoms with Crippen LogP contribution in [0.5, 0.6) is 0 Å². The van der Waals surface area contributed by atoms with Crippen LogP contribution in [0.4, 0.5) is 0 Å². The number of hydrogen-bond donors (Lipinski definition) is 1. The SMILES string of the molecule is C1CCC(CN2CCC(NCCN3CCOCC3)CC2)CC1. The van der Waals surface area contributed by atoms with Gasteiger partial charge in [-0.1, -0.05) is 19.3 Å². The van der Waals surface area contributed by atoms with Crippen molar-refractivity contribution in [1.29, 1.82) is 0 Å². The molecule has 2 aliphatic heterocycles. The van der Waals surface area contributed by atoms with Gasteiger partial charge < -0.3 is 15.0 Å². The lowest BCUT2D eigenvalue weighted by Gasteiger charge is -2.36. The van der Waals surface area contributed by atoms with Gasteiger partial charge in [-0.25, -0.2) is 0 Å². The van der Waals surface area contributed by atoms with Gasteiger partial charge in [-0.3, -0.25) is 4.90 Å². The topological polar surface area (TPSA) is 27.7 Å². The number of nitrogens with zero attached hydrogens (tertiary/aromatic N) is 2. The number of ether oxygens (including phenoxy) is 1. The van der Waals surface area contributed by atoms with Crippen molar-refractivity contribution >= 4 is 0 Å². The zero-order valence-electron chi connectivity index (χ0n) is 14.3. The van der Waals surface area contributed by atoms with Gasteiger partial charge in [0.2, 0.25) is 0 Å². The van der Waals surface area contributed by atoms with Gasteiger partial charge in [-0.05, 0) is 44.7 Å². The first kappa shape index (κ1) is 16.7. The summed E-state index contributed by atoms with van der Waals surface area (Å²) in [7, 11) is 0. The van der Waals surface area contributed by atoms with E-state index < -0.39 is 0 Å². The van der Waals surface area contributed by atoms with Crippen LogP contribution in [0.15, 0.2) is 0 Å². The van der Waals surface area contributed by atoms with E-state index in [1.54, 1.807) is 0 Å². The van der Waals surface area contributed by atoms with Crippen LogP contribution in [0.1, 0.15) is 44.9 Å². The van der Waals surface area contributed by atoms with Crippen molar-refractivity contribution in [2.45, 2.75) is 51.0 Å². The molecule has 0 radical (unpaired) electrons. The lowest BCUT2D eigenvalue weighted by molar-refractivity contribution is 0.0377. The van der Waals surface area contributed by atoms with E-state index >= 15 is 0 Å². The highest BCUT2D eigenvalue weighted by Crippen LogP contribution is 2.25. The number of morpholine rings is 1. The van der Waals surface area contributed by atoms with E-state index in [2.05, 4.69) is 15.1 Å². The van der Waals surface area contributed by atoms with Crippen molar-refractivity contribution in [3.8, 4) is 0 Å². The molecule has 1 N–H and O–H groups in total. The monoisotopic (exact) mass is 309 g/mol. The van der Waals surface area contributed by atoms with E-state index in [9.17, 15) is 0 Å². The summed E-state index contributed by atoms with van der Waals surface area (Å²) in [6, 6.07) is 0.753. The number of hydrogen-bond acceptors (Lipinski definition) is 4. The molecule has 0 aromatic heterocycles. The lowest BCUT2D eigenvalue weighted by Crippen LogP contribution is -2.47. The van der Waals surface area contributed by atoms with Crippen LogP contribution in [0.3, 0.4) is 0 Å². The quantitative estimate of drug-likeness (QED) is 0.812. The second-order valence-electron chi connectivity index (χ2n) is 7.49. The molecular formula is C18H35N3O. The summed E-state index contributed by atoms with van der Waals surface area (Å²) in [5.74, 6) is 1.000. The highest BCUT2D eigenvalue weighted by Gasteiger charge is 2.22. The molecule has 3 fully saturated rings. The summed E-state index contributed by atoms with van der Waals surface area (Å²) in [6.07, 6.45) is 10.1. The Kier molecular flexibility index (Phi) is 6.99. The molecule has 0 aromatic rings. The molecule has 2 saturated heterocycles. The van der Waals surface area contributed by atoms with E-state index in [4.69, 9.17) is 4.74 Å². The highest BCUT2D eigenvalue weighted by atomic mass is 16.5. The first-order valence-corrected chi connectivity index (χ1v) is 9.66. The van der Waals surface area contributed by atoms with Crippen molar-refractivity contribution < 1.29 is 4.74 Å². The minimum absolute atomic E-state index is 0.753. The van der Waals surface area contributed by atoms with Crippen LogP contribution in [-0.4, -0.2) is 74.9 Å². The molecule has 0 atom stereocenters. The maximum atomic E-state index is 5.40. The zero-order valence-corrected chi connectivity index (χ0v) is 14.3. The van der Waals surface area contributed by atoms with Gasteiger partial charge in [0.1, 0.15) is 0 Å². The Labute approximate surface area is 136 Å². The second-order valence-corrected chi connectivity index (χ2v) is 7.49. The Morgan fingerprint density at radius 3 is 2.27 bits per heavy atom. The minimum atomic E-state index is 0.753. The third-order valence-corrected chi connectivity index (χ3v) is 5.79. The average Bonchev–Trinajstić information content (AvgIpc) is 2.58. The maximum Gasteiger partial charge on any atom is 0.0594 e. The Balaban J connectivity index is 1.25. The maximum absolute atomic E-state index is 5.40. The van der Waals surface area contributed by atoms with Crippen LogP contribution < -0.4 is 5.32 Å². The highest BCUT2D eigenvalue weighted by molar-refractivity contribution is 4.80. The molecular weight excluding hydrogens is 274 g/mol. The Morgan fingerprint density at radius 1 is 0.818 bits per heavy atom. The molecule has 4 nitrogen and oxygen atoms in total. The van der Waals surface area contributed by atoms with Crippen LogP contribution >= 0.6 is 0 Å². The second kappa shape index (κ2) is 9.21. The Morgan fingerprint density at radius 2 is 1.55 bits per heavy atom. The third-order valence-electron chi connectivity index (χ3n) is 5.79. The minimum Gasteiger partial charge on any atom is -0.379 e. The molecule has 128 valence electrons. The van der Waals surface area contributed by atoms with Gasteiger partial charge in [0.25, 0.3) is 0 Å². The molecule has 0 bridgehead atoms. The lowest BCUT2D eigenvalue weighted by atomic mass is 9.88. The summed E-state index contributed by atoms with van der Waals surface area (Å²) < 4.78 is 5.40. The molecule has 0 aromatic carbocycles. The van der Waals surface area contributed by atoms with Crippen molar-refractivity contribution in [2.24, 2.45) is 5.92 Å². The predicted molar refractivity (Wildman–Crippen MR) is 91.3 cm³/mol. The van der Waals surface area contributed by atoms with E-state index in [1.807, 2.05) is 0 Å². The molecule has 4 heteroatoms. The normalized spacial score (nSPS) is 27.3. The summed E-state index contributed by atoms with van der Waals surface area (Å²) >= 11 is 0. The summed E-state index contributed by atoms with van der Waals surface area (Å²) in [6.45, 7) is 10.4. The first-order chi connectivity index (χ1) is 10.9. The summed E-state index contributed by atoms with van der Waals surface area (Å²) in [5, 5.41) is 3.78. The van der Waals surface area contributed by atoms with Gasteiger partial charge in [-0.2, -0.15) is 0 Å². The van der Waals surface area contributed by atoms with E-state index in [-0.39, 0.29) is 0 Å². The smallest absolute Gasteiger partial charge is 0.0594 e. The molecule has 0 amide bonds. The van der Waals surface area contributed by atoms with Gasteiger partial charge in [-0.15, -0.1) is 0 Å². The van der Waals surface area contributed by atoms with Crippen molar-refractivity contribution in [3.05, 3.63) is 0 Å². The van der Waals surface area contributed by atoms with Gasteiger partial charge >= 0.3 is 0 Å². The van der Waals surface area contributed by atoms with Gasteiger partial charge in [0, 0.05) is 38.8 Å². The fourth-order valence-electron chi connectivity index (χ4n) is 4.31. The molecule has 1 saturated carbocycles. The predicted octanol–water partition coefficient (Wildman–Crippen LogP) is 1.95. The molecule has 2 heterocycles.